The van der Waals surface area contributed by atoms with Gasteiger partial charge in [-0.2, -0.15) is 0 Å². The summed E-state index contributed by atoms with van der Waals surface area (Å²) < 4.78 is 11.0. The number of rotatable bonds is 6. The summed E-state index contributed by atoms with van der Waals surface area (Å²) in [5, 5.41) is 6.18. The largest absolute Gasteiger partial charge is 0.493 e. The van der Waals surface area contributed by atoms with Gasteiger partial charge in [-0.25, -0.2) is 0 Å². The van der Waals surface area contributed by atoms with Crippen LogP contribution < -0.4 is 15.4 Å². The van der Waals surface area contributed by atoms with Gasteiger partial charge in [0.25, 0.3) is 0 Å². The zero-order chi connectivity index (χ0) is 14.5. The SMILES string of the molecule is Cl.O=C(CC1COCCN1)Nc1ccc(OCC2CC2)cc1. The lowest BCUT2D eigenvalue weighted by Gasteiger charge is -2.23. The van der Waals surface area contributed by atoms with E-state index in [4.69, 9.17) is 9.47 Å². The molecule has 1 saturated heterocycles. The van der Waals surface area contributed by atoms with Crippen LogP contribution in [0.1, 0.15) is 19.3 Å². The third-order valence-electron chi connectivity index (χ3n) is 3.75. The Kier molecular flexibility index (Phi) is 6.49. The first kappa shape index (κ1) is 17.1. The first-order valence-corrected chi connectivity index (χ1v) is 7.63. The van der Waals surface area contributed by atoms with Crippen molar-refractivity contribution in [2.75, 3.05) is 31.7 Å². The minimum atomic E-state index is 0. The Balaban J connectivity index is 0.00000176. The number of hydrogen-bond donors (Lipinski definition) is 2. The summed E-state index contributed by atoms with van der Waals surface area (Å²) in [6, 6.07) is 7.68. The maximum atomic E-state index is 12.0. The highest BCUT2D eigenvalue weighted by Crippen LogP contribution is 2.29. The number of halogens is 1. The number of carbonyl (C=O) groups is 1. The highest BCUT2D eigenvalue weighted by molar-refractivity contribution is 5.91. The van der Waals surface area contributed by atoms with Crippen molar-refractivity contribution in [3.05, 3.63) is 24.3 Å². The van der Waals surface area contributed by atoms with Gasteiger partial charge in [0.15, 0.2) is 0 Å². The van der Waals surface area contributed by atoms with Gasteiger partial charge in [-0.1, -0.05) is 0 Å². The van der Waals surface area contributed by atoms with Crippen molar-refractivity contribution in [3.8, 4) is 5.75 Å². The summed E-state index contributed by atoms with van der Waals surface area (Å²) in [6.45, 7) is 2.94. The minimum Gasteiger partial charge on any atom is -0.493 e. The number of morpholine rings is 1. The molecule has 2 fully saturated rings. The van der Waals surface area contributed by atoms with Gasteiger partial charge in [-0.15, -0.1) is 12.4 Å². The predicted molar refractivity (Wildman–Crippen MR) is 87.8 cm³/mol. The molecular weight excluding hydrogens is 304 g/mol. The lowest BCUT2D eigenvalue weighted by atomic mass is 10.2. The first-order chi connectivity index (χ1) is 10.3. The van der Waals surface area contributed by atoms with Crippen molar-refractivity contribution in [2.45, 2.75) is 25.3 Å². The summed E-state index contributed by atoms with van der Waals surface area (Å²) in [4.78, 5) is 12.0. The maximum absolute atomic E-state index is 12.0. The van der Waals surface area contributed by atoms with Crippen molar-refractivity contribution in [3.63, 3.8) is 0 Å². The predicted octanol–water partition coefficient (Wildman–Crippen LogP) is 2.21. The topological polar surface area (TPSA) is 59.6 Å². The van der Waals surface area contributed by atoms with Gasteiger partial charge in [0, 0.05) is 24.7 Å². The van der Waals surface area contributed by atoms with Crippen LogP contribution in [0, 0.1) is 5.92 Å². The van der Waals surface area contributed by atoms with Crippen LogP contribution in [0.4, 0.5) is 5.69 Å². The zero-order valence-corrected chi connectivity index (χ0v) is 13.4. The molecular formula is C16H23ClN2O3. The Morgan fingerprint density at radius 2 is 2.09 bits per heavy atom. The van der Waals surface area contributed by atoms with Crippen molar-refractivity contribution in [1.29, 1.82) is 0 Å². The first-order valence-electron chi connectivity index (χ1n) is 7.63. The molecule has 1 heterocycles. The number of nitrogens with one attached hydrogen (secondary N) is 2. The van der Waals surface area contributed by atoms with Crippen LogP contribution in [0.2, 0.25) is 0 Å². The van der Waals surface area contributed by atoms with E-state index in [9.17, 15) is 4.79 Å². The Hall–Kier alpha value is -1.30. The van der Waals surface area contributed by atoms with Crippen LogP contribution in [-0.4, -0.2) is 38.3 Å². The van der Waals surface area contributed by atoms with Crippen LogP contribution in [0.25, 0.3) is 0 Å². The third kappa shape index (κ3) is 5.48. The molecule has 0 spiro atoms. The molecule has 1 amide bonds. The smallest absolute Gasteiger partial charge is 0.226 e. The van der Waals surface area contributed by atoms with E-state index in [-0.39, 0.29) is 24.4 Å². The molecule has 2 N–H and O–H groups in total. The number of hydrogen-bond acceptors (Lipinski definition) is 4. The molecule has 6 heteroatoms. The molecule has 22 heavy (non-hydrogen) atoms. The lowest BCUT2D eigenvalue weighted by molar-refractivity contribution is -0.117. The van der Waals surface area contributed by atoms with E-state index in [0.717, 1.165) is 37.1 Å². The second-order valence-corrected chi connectivity index (χ2v) is 5.76. The summed E-state index contributed by atoms with van der Waals surface area (Å²) in [5.74, 6) is 1.61. The molecule has 1 aliphatic carbocycles. The molecule has 1 saturated carbocycles. The Labute approximate surface area is 137 Å². The highest BCUT2D eigenvalue weighted by atomic mass is 35.5. The molecule has 1 atom stereocenters. The standard InChI is InChI=1S/C16H22N2O3.ClH/c19-16(9-14-11-20-8-7-17-14)18-13-3-5-15(6-4-13)21-10-12-1-2-12;/h3-6,12,14,17H,1-2,7-11H2,(H,18,19);1H. The van der Waals surface area contributed by atoms with Crippen molar-refractivity contribution >= 4 is 24.0 Å². The molecule has 0 aromatic heterocycles. The van der Waals surface area contributed by atoms with Crippen LogP contribution in [0.3, 0.4) is 0 Å². The monoisotopic (exact) mass is 326 g/mol. The van der Waals surface area contributed by atoms with E-state index < -0.39 is 0 Å². The normalized spacial score (nSPS) is 20.8. The van der Waals surface area contributed by atoms with E-state index >= 15 is 0 Å². The van der Waals surface area contributed by atoms with Gasteiger partial charge in [-0.05, 0) is 43.0 Å². The van der Waals surface area contributed by atoms with E-state index in [1.807, 2.05) is 24.3 Å². The quantitative estimate of drug-likeness (QED) is 0.841. The summed E-state index contributed by atoms with van der Waals surface area (Å²) >= 11 is 0. The fraction of sp³-hybridized carbons (Fsp3) is 0.562. The number of ether oxygens (including phenoxy) is 2. The van der Waals surface area contributed by atoms with Crippen LogP contribution in [-0.2, 0) is 9.53 Å². The number of benzene rings is 1. The van der Waals surface area contributed by atoms with Gasteiger partial charge < -0.3 is 20.1 Å². The van der Waals surface area contributed by atoms with E-state index in [2.05, 4.69) is 10.6 Å². The molecule has 1 unspecified atom stereocenters. The molecule has 5 nitrogen and oxygen atoms in total. The fourth-order valence-corrected chi connectivity index (χ4v) is 2.32. The minimum absolute atomic E-state index is 0. The fourth-order valence-electron chi connectivity index (χ4n) is 2.32. The van der Waals surface area contributed by atoms with Gasteiger partial charge in [-0.3, -0.25) is 4.79 Å². The number of amides is 1. The molecule has 1 aromatic rings. The van der Waals surface area contributed by atoms with E-state index in [0.29, 0.717) is 13.0 Å². The van der Waals surface area contributed by atoms with Gasteiger partial charge in [0.2, 0.25) is 5.91 Å². The second-order valence-electron chi connectivity index (χ2n) is 5.76. The third-order valence-corrected chi connectivity index (χ3v) is 3.75. The van der Waals surface area contributed by atoms with Gasteiger partial charge >= 0.3 is 0 Å². The Morgan fingerprint density at radius 1 is 1.32 bits per heavy atom. The highest BCUT2D eigenvalue weighted by Gasteiger charge is 2.21. The van der Waals surface area contributed by atoms with Crippen LogP contribution in [0.15, 0.2) is 24.3 Å². The molecule has 0 bridgehead atoms. The molecule has 1 aliphatic heterocycles. The number of carbonyl (C=O) groups excluding carboxylic acids is 1. The molecule has 0 radical (unpaired) electrons. The van der Waals surface area contributed by atoms with Crippen molar-refractivity contribution < 1.29 is 14.3 Å². The van der Waals surface area contributed by atoms with Crippen molar-refractivity contribution in [2.24, 2.45) is 5.92 Å². The van der Waals surface area contributed by atoms with Crippen LogP contribution >= 0.6 is 12.4 Å². The molecule has 3 rings (SSSR count). The number of anilines is 1. The van der Waals surface area contributed by atoms with Gasteiger partial charge in [0.1, 0.15) is 5.75 Å². The second kappa shape index (κ2) is 8.36. The molecule has 1 aromatic carbocycles. The lowest BCUT2D eigenvalue weighted by Crippen LogP contribution is -2.43. The Morgan fingerprint density at radius 3 is 2.73 bits per heavy atom. The Bertz CT molecular complexity index is 471. The van der Waals surface area contributed by atoms with Gasteiger partial charge in [0.05, 0.1) is 19.8 Å². The van der Waals surface area contributed by atoms with Crippen LogP contribution in [0.5, 0.6) is 5.75 Å². The van der Waals surface area contributed by atoms with E-state index in [1.165, 1.54) is 12.8 Å². The maximum Gasteiger partial charge on any atom is 0.226 e. The van der Waals surface area contributed by atoms with Crippen molar-refractivity contribution in [1.82, 2.24) is 5.32 Å². The summed E-state index contributed by atoms with van der Waals surface area (Å²) in [5.41, 5.74) is 0.801. The molecule has 122 valence electrons. The van der Waals surface area contributed by atoms with E-state index in [1.54, 1.807) is 0 Å². The zero-order valence-electron chi connectivity index (χ0n) is 12.5. The summed E-state index contributed by atoms with van der Waals surface area (Å²) in [7, 11) is 0. The average Bonchev–Trinajstić information content (AvgIpc) is 3.32. The summed E-state index contributed by atoms with van der Waals surface area (Å²) in [6.07, 6.45) is 3.00. The average molecular weight is 327 g/mol. The molecule has 2 aliphatic rings.